The lowest BCUT2D eigenvalue weighted by Gasteiger charge is -2.15. The first-order chi connectivity index (χ1) is 9.63. The lowest BCUT2D eigenvalue weighted by molar-refractivity contribution is -0.129. The highest BCUT2D eigenvalue weighted by molar-refractivity contribution is 5.92. The molecule has 1 N–H and O–H groups in total. The highest BCUT2D eigenvalue weighted by Crippen LogP contribution is 2.12. The molecule has 0 saturated carbocycles. The third-order valence-corrected chi connectivity index (χ3v) is 3.26. The van der Waals surface area contributed by atoms with Gasteiger partial charge in [-0.1, -0.05) is 12.1 Å². The van der Waals surface area contributed by atoms with E-state index in [1.807, 2.05) is 6.92 Å². The standard InChI is InChI=1S/C13H19N3O4/c1-3-12(17)16-5-4-9(7-16)14-13(18)11-6-10(8-19-2)20-15-11/h6,9H,3-5,7-8H2,1-2H3,(H,14,18)/t9-/m0/s1. The average Bonchev–Trinajstić information content (AvgIpc) is 3.07. The second-order valence-corrected chi connectivity index (χ2v) is 4.76. The summed E-state index contributed by atoms with van der Waals surface area (Å²) in [5, 5.41) is 6.56. The molecule has 2 rings (SSSR count). The molecular weight excluding hydrogens is 262 g/mol. The number of carbonyl (C=O) groups is 2. The zero-order chi connectivity index (χ0) is 14.5. The van der Waals surface area contributed by atoms with Crippen molar-refractivity contribution in [1.82, 2.24) is 15.4 Å². The number of likely N-dealkylation sites (tertiary alicyclic amines) is 1. The Morgan fingerprint density at radius 1 is 1.60 bits per heavy atom. The average molecular weight is 281 g/mol. The summed E-state index contributed by atoms with van der Waals surface area (Å²) in [6.45, 7) is 3.36. The summed E-state index contributed by atoms with van der Waals surface area (Å²) in [6.07, 6.45) is 1.25. The normalized spacial score (nSPS) is 18.3. The number of ether oxygens (including phenoxy) is 1. The van der Waals surface area contributed by atoms with E-state index in [1.165, 1.54) is 0 Å². The second-order valence-electron chi connectivity index (χ2n) is 4.76. The van der Waals surface area contributed by atoms with Crippen LogP contribution in [0.5, 0.6) is 0 Å². The van der Waals surface area contributed by atoms with Crippen molar-refractivity contribution in [3.63, 3.8) is 0 Å². The molecule has 7 heteroatoms. The molecule has 1 aromatic heterocycles. The minimum Gasteiger partial charge on any atom is -0.377 e. The van der Waals surface area contributed by atoms with E-state index in [1.54, 1.807) is 18.1 Å². The zero-order valence-corrected chi connectivity index (χ0v) is 11.7. The molecule has 1 fully saturated rings. The minimum atomic E-state index is -0.285. The molecule has 0 radical (unpaired) electrons. The Bertz CT molecular complexity index is 486. The van der Waals surface area contributed by atoms with Gasteiger partial charge < -0.3 is 19.5 Å². The first kappa shape index (κ1) is 14.5. The minimum absolute atomic E-state index is 0.0272. The Balaban J connectivity index is 1.87. The van der Waals surface area contributed by atoms with E-state index in [0.717, 1.165) is 6.42 Å². The SMILES string of the molecule is CCC(=O)N1CC[C@H](NC(=O)c2cc(COC)on2)C1. The monoisotopic (exact) mass is 281 g/mol. The molecule has 0 unspecified atom stereocenters. The maximum Gasteiger partial charge on any atom is 0.273 e. The van der Waals surface area contributed by atoms with E-state index >= 15 is 0 Å². The first-order valence-corrected chi connectivity index (χ1v) is 6.67. The predicted molar refractivity (Wildman–Crippen MR) is 70.0 cm³/mol. The van der Waals surface area contributed by atoms with Gasteiger partial charge in [-0.25, -0.2) is 0 Å². The predicted octanol–water partition coefficient (Wildman–Crippen LogP) is 0.562. The van der Waals surface area contributed by atoms with Crippen LogP contribution in [0.2, 0.25) is 0 Å². The van der Waals surface area contributed by atoms with E-state index < -0.39 is 0 Å². The topological polar surface area (TPSA) is 84.7 Å². The fourth-order valence-electron chi connectivity index (χ4n) is 2.22. The van der Waals surface area contributed by atoms with Crippen LogP contribution in [-0.2, 0) is 16.1 Å². The lowest BCUT2D eigenvalue weighted by Crippen LogP contribution is -2.38. The van der Waals surface area contributed by atoms with Crippen molar-refractivity contribution in [2.45, 2.75) is 32.4 Å². The summed E-state index contributed by atoms with van der Waals surface area (Å²) in [5.74, 6) is 0.337. The first-order valence-electron chi connectivity index (χ1n) is 6.67. The summed E-state index contributed by atoms with van der Waals surface area (Å²) in [6, 6.07) is 1.53. The van der Waals surface area contributed by atoms with E-state index in [2.05, 4.69) is 10.5 Å². The van der Waals surface area contributed by atoms with Gasteiger partial charge in [0.05, 0.1) is 0 Å². The van der Waals surface area contributed by atoms with Gasteiger partial charge in [-0.05, 0) is 6.42 Å². The third kappa shape index (κ3) is 3.36. The molecule has 20 heavy (non-hydrogen) atoms. The number of carbonyl (C=O) groups excluding carboxylic acids is 2. The largest absolute Gasteiger partial charge is 0.377 e. The fraction of sp³-hybridized carbons (Fsp3) is 0.615. The second kappa shape index (κ2) is 6.51. The summed E-state index contributed by atoms with van der Waals surface area (Å²) >= 11 is 0. The Kier molecular flexibility index (Phi) is 4.73. The van der Waals surface area contributed by atoms with Gasteiger partial charge in [0.15, 0.2) is 11.5 Å². The Labute approximate surface area is 117 Å². The van der Waals surface area contributed by atoms with Gasteiger partial charge in [0.1, 0.15) is 6.61 Å². The molecular formula is C13H19N3O4. The number of aromatic nitrogens is 1. The molecule has 2 amide bonds. The number of amides is 2. The van der Waals surface area contributed by atoms with Crippen LogP contribution in [0.25, 0.3) is 0 Å². The fourth-order valence-corrected chi connectivity index (χ4v) is 2.22. The molecule has 0 bridgehead atoms. The van der Waals surface area contributed by atoms with Gasteiger partial charge in [0, 0.05) is 38.7 Å². The van der Waals surface area contributed by atoms with Crippen molar-refractivity contribution in [3.8, 4) is 0 Å². The zero-order valence-electron chi connectivity index (χ0n) is 11.7. The maximum absolute atomic E-state index is 12.0. The summed E-state index contributed by atoms with van der Waals surface area (Å²) in [5.41, 5.74) is 0.234. The molecule has 1 saturated heterocycles. The van der Waals surface area contributed by atoms with Gasteiger partial charge in [-0.15, -0.1) is 0 Å². The lowest BCUT2D eigenvalue weighted by atomic mass is 10.2. The van der Waals surface area contributed by atoms with Gasteiger partial charge in [-0.2, -0.15) is 0 Å². The molecule has 0 aliphatic carbocycles. The summed E-state index contributed by atoms with van der Waals surface area (Å²) in [4.78, 5) is 25.3. The van der Waals surface area contributed by atoms with Crippen LogP contribution in [-0.4, -0.2) is 48.1 Å². The maximum atomic E-state index is 12.0. The molecule has 1 aromatic rings. The van der Waals surface area contributed by atoms with Gasteiger partial charge >= 0.3 is 0 Å². The van der Waals surface area contributed by atoms with Crippen molar-refractivity contribution >= 4 is 11.8 Å². The molecule has 110 valence electrons. The molecule has 1 atom stereocenters. The van der Waals surface area contributed by atoms with E-state index in [0.29, 0.717) is 25.3 Å². The van der Waals surface area contributed by atoms with Crippen molar-refractivity contribution in [2.24, 2.45) is 0 Å². The van der Waals surface area contributed by atoms with Crippen LogP contribution in [0.3, 0.4) is 0 Å². The van der Waals surface area contributed by atoms with Crippen LogP contribution in [0.1, 0.15) is 36.0 Å². The Morgan fingerprint density at radius 3 is 3.10 bits per heavy atom. The molecule has 0 aromatic carbocycles. The number of nitrogens with one attached hydrogen (secondary N) is 1. The Hall–Kier alpha value is -1.89. The number of rotatable bonds is 5. The molecule has 1 aliphatic rings. The highest BCUT2D eigenvalue weighted by Gasteiger charge is 2.27. The molecule has 7 nitrogen and oxygen atoms in total. The van der Waals surface area contributed by atoms with Crippen molar-refractivity contribution < 1.29 is 18.8 Å². The third-order valence-electron chi connectivity index (χ3n) is 3.26. The number of methoxy groups -OCH3 is 1. The number of hydrogen-bond acceptors (Lipinski definition) is 5. The van der Waals surface area contributed by atoms with Gasteiger partial charge in [-0.3, -0.25) is 9.59 Å². The van der Waals surface area contributed by atoms with E-state index in [-0.39, 0.29) is 30.2 Å². The van der Waals surface area contributed by atoms with Crippen LogP contribution in [0, 0.1) is 0 Å². The van der Waals surface area contributed by atoms with Crippen LogP contribution in [0.4, 0.5) is 0 Å². The van der Waals surface area contributed by atoms with Crippen molar-refractivity contribution in [1.29, 1.82) is 0 Å². The van der Waals surface area contributed by atoms with Crippen molar-refractivity contribution in [2.75, 3.05) is 20.2 Å². The van der Waals surface area contributed by atoms with E-state index in [4.69, 9.17) is 9.26 Å². The van der Waals surface area contributed by atoms with E-state index in [9.17, 15) is 9.59 Å². The van der Waals surface area contributed by atoms with Gasteiger partial charge in [0.2, 0.25) is 5.91 Å². The molecule has 1 aliphatic heterocycles. The number of nitrogens with zero attached hydrogens (tertiary/aromatic N) is 2. The highest BCUT2D eigenvalue weighted by atomic mass is 16.5. The summed E-state index contributed by atoms with van der Waals surface area (Å²) in [7, 11) is 1.54. The summed E-state index contributed by atoms with van der Waals surface area (Å²) < 4.78 is 9.86. The van der Waals surface area contributed by atoms with Crippen LogP contribution < -0.4 is 5.32 Å². The van der Waals surface area contributed by atoms with Crippen molar-refractivity contribution in [3.05, 3.63) is 17.5 Å². The molecule has 0 spiro atoms. The Morgan fingerprint density at radius 2 is 2.40 bits per heavy atom. The van der Waals surface area contributed by atoms with Crippen LogP contribution in [0.15, 0.2) is 10.6 Å². The molecule has 2 heterocycles. The van der Waals surface area contributed by atoms with Gasteiger partial charge in [0.25, 0.3) is 5.91 Å². The quantitative estimate of drug-likeness (QED) is 0.852. The smallest absolute Gasteiger partial charge is 0.273 e. The number of hydrogen-bond donors (Lipinski definition) is 1. The van der Waals surface area contributed by atoms with Crippen LogP contribution >= 0.6 is 0 Å².